The molecule has 104 valence electrons. The maximum absolute atomic E-state index is 12.4. The van der Waals surface area contributed by atoms with E-state index in [1.807, 2.05) is 13.0 Å². The van der Waals surface area contributed by atoms with Gasteiger partial charge in [-0.25, -0.2) is 8.42 Å². The van der Waals surface area contributed by atoms with Gasteiger partial charge in [0, 0.05) is 19.3 Å². The number of rotatable bonds is 3. The number of benzene rings is 1. The summed E-state index contributed by atoms with van der Waals surface area (Å²) in [6.45, 7) is 3.38. The Morgan fingerprint density at radius 2 is 1.95 bits per heavy atom. The first-order valence-corrected chi connectivity index (χ1v) is 7.80. The lowest BCUT2D eigenvalue weighted by Gasteiger charge is -2.09. The molecule has 0 radical (unpaired) electrons. The lowest BCUT2D eigenvalue weighted by Crippen LogP contribution is -2.13. The van der Waals surface area contributed by atoms with Crippen molar-refractivity contribution < 1.29 is 8.42 Å². The van der Waals surface area contributed by atoms with E-state index >= 15 is 0 Å². The van der Waals surface area contributed by atoms with Crippen LogP contribution in [0.25, 0.3) is 0 Å². The topological polar surface area (TPSA) is 71.1 Å². The predicted molar refractivity (Wildman–Crippen MR) is 76.8 cm³/mol. The third-order valence-electron chi connectivity index (χ3n) is 3.25. The van der Waals surface area contributed by atoms with Gasteiger partial charge in [-0.05, 0) is 41.8 Å². The molecule has 0 atom stereocenters. The van der Waals surface area contributed by atoms with Gasteiger partial charge >= 0.3 is 0 Å². The van der Waals surface area contributed by atoms with E-state index in [4.69, 9.17) is 0 Å². The van der Waals surface area contributed by atoms with Crippen LogP contribution in [0.4, 0.5) is 5.69 Å². The maximum atomic E-state index is 12.4. The van der Waals surface area contributed by atoms with Gasteiger partial charge in [0.05, 0.1) is 16.8 Å². The molecule has 3 rings (SSSR count). The smallest absolute Gasteiger partial charge is 0.261 e. The number of aromatic nitrogens is 1. The Morgan fingerprint density at radius 1 is 1.15 bits per heavy atom. The van der Waals surface area contributed by atoms with Crippen LogP contribution in [0, 0.1) is 6.92 Å². The summed E-state index contributed by atoms with van der Waals surface area (Å²) in [4.78, 5) is 4.26. The van der Waals surface area contributed by atoms with Gasteiger partial charge < -0.3 is 5.32 Å². The normalized spacial score (nSPS) is 14.1. The fourth-order valence-electron chi connectivity index (χ4n) is 2.26. The summed E-state index contributed by atoms with van der Waals surface area (Å²) in [5.74, 6) is 0. The summed E-state index contributed by atoms with van der Waals surface area (Å²) in [6.07, 6.45) is 3.18. The van der Waals surface area contributed by atoms with E-state index in [-0.39, 0.29) is 4.90 Å². The third kappa shape index (κ3) is 2.52. The lowest BCUT2D eigenvalue weighted by molar-refractivity contribution is 0.601. The first kappa shape index (κ1) is 13.1. The van der Waals surface area contributed by atoms with Crippen molar-refractivity contribution in [3.8, 4) is 0 Å². The average Bonchev–Trinajstić information content (AvgIpc) is 2.85. The molecule has 2 aromatic rings. The zero-order valence-corrected chi connectivity index (χ0v) is 11.9. The Labute approximate surface area is 118 Å². The number of fused-ring (bicyclic) bond motifs is 1. The van der Waals surface area contributed by atoms with Crippen molar-refractivity contribution in [1.82, 2.24) is 10.3 Å². The molecular formula is C14H15N3O2S. The Balaban J connectivity index is 1.92. The highest BCUT2D eigenvalue weighted by Gasteiger charge is 2.18. The third-order valence-corrected chi connectivity index (χ3v) is 4.63. The summed E-state index contributed by atoms with van der Waals surface area (Å²) in [7, 11) is -3.57. The monoisotopic (exact) mass is 289 g/mol. The van der Waals surface area contributed by atoms with Crippen LogP contribution < -0.4 is 10.0 Å². The number of anilines is 1. The van der Waals surface area contributed by atoms with Crippen molar-refractivity contribution in [3.63, 3.8) is 0 Å². The predicted octanol–water partition coefficient (Wildman–Crippen LogP) is 1.79. The van der Waals surface area contributed by atoms with Crippen molar-refractivity contribution >= 4 is 15.7 Å². The van der Waals surface area contributed by atoms with Crippen LogP contribution in [0.3, 0.4) is 0 Å². The average molecular weight is 289 g/mol. The van der Waals surface area contributed by atoms with Gasteiger partial charge in [-0.1, -0.05) is 6.07 Å². The molecule has 0 saturated carbocycles. The van der Waals surface area contributed by atoms with Crippen molar-refractivity contribution in [2.45, 2.75) is 24.9 Å². The molecule has 1 aromatic heterocycles. The molecule has 1 aliphatic rings. The number of hydrogen-bond donors (Lipinski definition) is 2. The van der Waals surface area contributed by atoms with Crippen molar-refractivity contribution in [2.24, 2.45) is 0 Å². The molecule has 20 heavy (non-hydrogen) atoms. The van der Waals surface area contributed by atoms with Crippen LogP contribution in [0.2, 0.25) is 0 Å². The highest BCUT2D eigenvalue weighted by atomic mass is 32.2. The van der Waals surface area contributed by atoms with Crippen molar-refractivity contribution in [3.05, 3.63) is 53.3 Å². The molecule has 5 nitrogen and oxygen atoms in total. The number of sulfonamides is 1. The van der Waals surface area contributed by atoms with Gasteiger partial charge in [-0.3, -0.25) is 9.71 Å². The molecule has 0 bridgehead atoms. The quantitative estimate of drug-likeness (QED) is 0.904. The molecule has 0 amide bonds. The summed E-state index contributed by atoms with van der Waals surface area (Å²) in [5.41, 5.74) is 3.57. The van der Waals surface area contributed by atoms with Gasteiger partial charge in [0.2, 0.25) is 0 Å². The fourth-order valence-corrected chi connectivity index (χ4v) is 3.35. The zero-order chi connectivity index (χ0) is 14.2. The summed E-state index contributed by atoms with van der Waals surface area (Å²) >= 11 is 0. The van der Waals surface area contributed by atoms with E-state index in [1.54, 1.807) is 24.4 Å². The molecule has 0 fully saturated rings. The molecule has 2 heterocycles. The summed E-state index contributed by atoms with van der Waals surface area (Å²) in [5, 5.41) is 3.20. The highest BCUT2D eigenvalue weighted by Crippen LogP contribution is 2.22. The Kier molecular flexibility index (Phi) is 3.19. The molecule has 0 aliphatic carbocycles. The van der Waals surface area contributed by atoms with Crippen molar-refractivity contribution in [2.75, 3.05) is 4.72 Å². The van der Waals surface area contributed by atoms with Crippen LogP contribution >= 0.6 is 0 Å². The van der Waals surface area contributed by atoms with E-state index in [0.29, 0.717) is 12.2 Å². The molecule has 1 aromatic carbocycles. The van der Waals surface area contributed by atoms with Gasteiger partial charge in [-0.15, -0.1) is 0 Å². The largest absolute Gasteiger partial charge is 0.309 e. The summed E-state index contributed by atoms with van der Waals surface area (Å²) in [6, 6.07) is 6.97. The number of aryl methyl sites for hydroxylation is 1. The SMILES string of the molecule is Cc1cncc(NS(=O)(=O)c2ccc3c(c2)CNC3)c1. The molecule has 0 saturated heterocycles. The van der Waals surface area contributed by atoms with Crippen LogP contribution in [0.15, 0.2) is 41.6 Å². The lowest BCUT2D eigenvalue weighted by atomic mass is 10.1. The van der Waals surface area contributed by atoms with Crippen LogP contribution in [0.5, 0.6) is 0 Å². The van der Waals surface area contributed by atoms with Crippen molar-refractivity contribution in [1.29, 1.82) is 0 Å². The molecule has 6 heteroatoms. The number of nitrogens with one attached hydrogen (secondary N) is 2. The molecule has 2 N–H and O–H groups in total. The Morgan fingerprint density at radius 3 is 2.75 bits per heavy atom. The second kappa shape index (κ2) is 4.88. The Hall–Kier alpha value is -1.92. The Bertz CT molecular complexity index is 757. The number of pyridine rings is 1. The number of hydrogen-bond acceptors (Lipinski definition) is 4. The zero-order valence-electron chi connectivity index (χ0n) is 11.1. The second-order valence-corrected chi connectivity index (χ2v) is 6.57. The molecule has 1 aliphatic heterocycles. The minimum Gasteiger partial charge on any atom is -0.309 e. The van der Waals surface area contributed by atoms with Crippen LogP contribution in [-0.2, 0) is 23.1 Å². The highest BCUT2D eigenvalue weighted by molar-refractivity contribution is 7.92. The van der Waals surface area contributed by atoms with Crippen LogP contribution in [-0.4, -0.2) is 13.4 Å². The molecular weight excluding hydrogens is 274 g/mol. The standard InChI is InChI=1S/C14H15N3O2S/c1-10-4-13(9-15-6-10)17-20(18,19)14-3-2-11-7-16-8-12(11)5-14/h2-6,9,16-17H,7-8H2,1H3. The van der Waals surface area contributed by atoms with Crippen LogP contribution in [0.1, 0.15) is 16.7 Å². The second-order valence-electron chi connectivity index (χ2n) is 4.89. The van der Waals surface area contributed by atoms with E-state index in [0.717, 1.165) is 23.2 Å². The van der Waals surface area contributed by atoms with Gasteiger partial charge in [0.25, 0.3) is 10.0 Å². The number of nitrogens with zero attached hydrogens (tertiary/aromatic N) is 1. The maximum Gasteiger partial charge on any atom is 0.261 e. The summed E-state index contributed by atoms with van der Waals surface area (Å²) < 4.78 is 27.3. The fraction of sp³-hybridized carbons (Fsp3) is 0.214. The molecule has 0 unspecified atom stereocenters. The minimum absolute atomic E-state index is 0.279. The van der Waals surface area contributed by atoms with E-state index in [9.17, 15) is 8.42 Å². The van der Waals surface area contributed by atoms with Gasteiger partial charge in [-0.2, -0.15) is 0 Å². The molecule has 0 spiro atoms. The van der Waals surface area contributed by atoms with Gasteiger partial charge in [0.1, 0.15) is 0 Å². The first-order valence-electron chi connectivity index (χ1n) is 6.31. The van der Waals surface area contributed by atoms with E-state index in [1.165, 1.54) is 6.20 Å². The van der Waals surface area contributed by atoms with E-state index < -0.39 is 10.0 Å². The van der Waals surface area contributed by atoms with E-state index in [2.05, 4.69) is 15.0 Å². The van der Waals surface area contributed by atoms with Gasteiger partial charge in [0.15, 0.2) is 0 Å². The minimum atomic E-state index is -3.57. The first-order chi connectivity index (χ1) is 9.54.